The van der Waals surface area contributed by atoms with Crippen LogP contribution in [0.2, 0.25) is 0 Å². The normalized spacial score (nSPS) is 13.5. The van der Waals surface area contributed by atoms with Crippen LogP contribution in [0.15, 0.2) is 21.9 Å². The Kier molecular flexibility index (Phi) is 5.54. The van der Waals surface area contributed by atoms with E-state index in [-0.39, 0.29) is 18.2 Å². The van der Waals surface area contributed by atoms with Crippen LogP contribution in [0.4, 0.5) is 0 Å². The van der Waals surface area contributed by atoms with Crippen LogP contribution in [0.3, 0.4) is 0 Å². The molecular weight excluding hydrogens is 316 g/mol. The Hall–Kier alpha value is -2.15. The van der Waals surface area contributed by atoms with E-state index in [1.807, 2.05) is 26.0 Å². The van der Waals surface area contributed by atoms with Gasteiger partial charge in [-0.2, -0.15) is 0 Å². The number of thiazole rings is 1. The smallest absolute Gasteiger partial charge is 0.326 e. The SMILES string of the molecule is CC[C@H](C)[C@H](NC(=O)Cc1csc(-c2ccc(C)o2)n1)C(=O)O. The Labute approximate surface area is 138 Å². The van der Waals surface area contributed by atoms with Crippen LogP contribution in [0.25, 0.3) is 10.8 Å². The first-order valence-electron chi connectivity index (χ1n) is 7.44. The summed E-state index contributed by atoms with van der Waals surface area (Å²) in [6.07, 6.45) is 0.729. The molecule has 0 radical (unpaired) electrons. The van der Waals surface area contributed by atoms with Crippen molar-refractivity contribution in [2.75, 3.05) is 0 Å². The van der Waals surface area contributed by atoms with Gasteiger partial charge >= 0.3 is 5.97 Å². The summed E-state index contributed by atoms with van der Waals surface area (Å²) in [5.74, 6) is -0.0223. The maximum atomic E-state index is 12.1. The van der Waals surface area contributed by atoms with Crippen LogP contribution in [-0.2, 0) is 16.0 Å². The molecular formula is C16H20N2O4S. The first-order chi connectivity index (χ1) is 10.9. The summed E-state index contributed by atoms with van der Waals surface area (Å²) < 4.78 is 5.50. The standard InChI is InChI=1S/C16H20N2O4S/c1-4-9(2)14(16(20)21)18-13(19)7-11-8-23-15(17-11)12-6-5-10(3)22-12/h5-6,8-9,14H,4,7H2,1-3H3,(H,18,19)(H,20,21)/t9-,14-/m0/s1. The quantitative estimate of drug-likeness (QED) is 0.811. The number of aliphatic carboxylic acids is 1. The fourth-order valence-corrected chi connectivity index (χ4v) is 2.90. The molecule has 1 amide bonds. The number of carboxylic acid groups (broad SMARTS) is 1. The summed E-state index contributed by atoms with van der Waals surface area (Å²) in [7, 11) is 0. The van der Waals surface area contributed by atoms with Crippen molar-refractivity contribution in [2.24, 2.45) is 5.92 Å². The van der Waals surface area contributed by atoms with Gasteiger partial charge in [-0.25, -0.2) is 9.78 Å². The third-order valence-electron chi connectivity index (χ3n) is 3.64. The predicted octanol–water partition coefficient (Wildman–Crippen LogP) is 2.87. The van der Waals surface area contributed by atoms with Crippen LogP contribution < -0.4 is 5.32 Å². The van der Waals surface area contributed by atoms with Gasteiger partial charge in [-0.05, 0) is 25.0 Å². The number of carbonyl (C=O) groups is 2. The maximum Gasteiger partial charge on any atom is 0.326 e. The maximum absolute atomic E-state index is 12.1. The number of carboxylic acids is 1. The fourth-order valence-electron chi connectivity index (χ4n) is 2.12. The Balaban J connectivity index is 2.00. The van der Waals surface area contributed by atoms with Gasteiger partial charge in [0.2, 0.25) is 5.91 Å². The molecule has 2 heterocycles. The molecule has 0 saturated carbocycles. The summed E-state index contributed by atoms with van der Waals surface area (Å²) in [5, 5.41) is 14.3. The molecule has 23 heavy (non-hydrogen) atoms. The average Bonchev–Trinajstić information content (AvgIpc) is 3.12. The van der Waals surface area contributed by atoms with Gasteiger partial charge in [0.25, 0.3) is 0 Å². The van der Waals surface area contributed by atoms with Crippen LogP contribution in [-0.4, -0.2) is 28.0 Å². The number of carbonyl (C=O) groups excluding carboxylic acids is 1. The van der Waals surface area contributed by atoms with Crippen LogP contribution in [0.1, 0.15) is 31.7 Å². The third-order valence-corrected chi connectivity index (χ3v) is 4.55. The van der Waals surface area contributed by atoms with Crippen LogP contribution in [0, 0.1) is 12.8 Å². The second kappa shape index (κ2) is 7.41. The van der Waals surface area contributed by atoms with Crippen molar-refractivity contribution in [1.82, 2.24) is 10.3 Å². The number of hydrogen-bond donors (Lipinski definition) is 2. The van der Waals surface area contributed by atoms with Gasteiger partial charge < -0.3 is 14.8 Å². The van der Waals surface area contributed by atoms with E-state index in [0.29, 0.717) is 22.9 Å². The van der Waals surface area contributed by atoms with Crippen molar-refractivity contribution in [3.63, 3.8) is 0 Å². The largest absolute Gasteiger partial charge is 0.480 e. The summed E-state index contributed by atoms with van der Waals surface area (Å²) in [4.78, 5) is 27.7. The minimum Gasteiger partial charge on any atom is -0.480 e. The van der Waals surface area contributed by atoms with E-state index < -0.39 is 12.0 Å². The molecule has 0 saturated heterocycles. The van der Waals surface area contributed by atoms with E-state index in [0.717, 1.165) is 5.76 Å². The molecule has 0 aliphatic rings. The molecule has 2 aromatic rings. The average molecular weight is 336 g/mol. The first kappa shape index (κ1) is 17.2. The molecule has 0 bridgehead atoms. The molecule has 6 nitrogen and oxygen atoms in total. The lowest BCUT2D eigenvalue weighted by atomic mass is 9.99. The zero-order valence-corrected chi connectivity index (χ0v) is 14.1. The van der Waals surface area contributed by atoms with Gasteiger partial charge in [-0.15, -0.1) is 11.3 Å². The lowest BCUT2D eigenvalue weighted by Crippen LogP contribution is -2.45. The molecule has 124 valence electrons. The second-order valence-corrected chi connectivity index (χ2v) is 6.36. The minimum absolute atomic E-state index is 0.0520. The zero-order valence-electron chi connectivity index (χ0n) is 13.3. The number of hydrogen-bond acceptors (Lipinski definition) is 5. The lowest BCUT2D eigenvalue weighted by Gasteiger charge is -2.19. The van der Waals surface area contributed by atoms with Gasteiger partial charge in [0.1, 0.15) is 11.8 Å². The van der Waals surface area contributed by atoms with Gasteiger partial charge in [-0.3, -0.25) is 4.79 Å². The number of rotatable bonds is 7. The number of furan rings is 1. The van der Waals surface area contributed by atoms with Crippen molar-refractivity contribution in [3.05, 3.63) is 29.0 Å². The first-order valence-corrected chi connectivity index (χ1v) is 8.32. The Morgan fingerprint density at radius 3 is 2.74 bits per heavy atom. The highest BCUT2D eigenvalue weighted by Gasteiger charge is 2.25. The van der Waals surface area contributed by atoms with Crippen molar-refractivity contribution in [3.8, 4) is 10.8 Å². The topological polar surface area (TPSA) is 92.4 Å². The molecule has 2 rings (SSSR count). The number of nitrogens with zero attached hydrogens (tertiary/aromatic N) is 1. The summed E-state index contributed by atoms with van der Waals surface area (Å²) in [5.41, 5.74) is 0.602. The van der Waals surface area contributed by atoms with Gasteiger partial charge in [0.05, 0.1) is 12.1 Å². The summed E-state index contributed by atoms with van der Waals surface area (Å²) in [6, 6.07) is 2.81. The van der Waals surface area contributed by atoms with E-state index >= 15 is 0 Å². The van der Waals surface area contributed by atoms with Gasteiger partial charge in [-0.1, -0.05) is 20.3 Å². The fraction of sp³-hybridized carbons (Fsp3) is 0.438. The van der Waals surface area contributed by atoms with E-state index in [9.17, 15) is 14.7 Å². The zero-order chi connectivity index (χ0) is 17.0. The molecule has 0 fully saturated rings. The number of nitrogens with one attached hydrogen (secondary N) is 1. The summed E-state index contributed by atoms with van der Waals surface area (Å²) in [6.45, 7) is 5.55. The van der Waals surface area contributed by atoms with Gasteiger partial charge in [0, 0.05) is 5.38 Å². The van der Waals surface area contributed by atoms with Crippen LogP contribution >= 0.6 is 11.3 Å². The molecule has 0 aliphatic heterocycles. The van der Waals surface area contributed by atoms with Crippen molar-refractivity contribution in [2.45, 2.75) is 39.7 Å². The molecule has 2 aromatic heterocycles. The van der Waals surface area contributed by atoms with E-state index in [4.69, 9.17) is 4.42 Å². The Morgan fingerprint density at radius 2 is 2.17 bits per heavy atom. The number of aromatic nitrogens is 1. The molecule has 0 unspecified atom stereocenters. The highest BCUT2D eigenvalue weighted by atomic mass is 32.1. The van der Waals surface area contributed by atoms with Crippen molar-refractivity contribution < 1.29 is 19.1 Å². The van der Waals surface area contributed by atoms with E-state index in [1.165, 1.54) is 11.3 Å². The van der Waals surface area contributed by atoms with E-state index in [2.05, 4.69) is 10.3 Å². The van der Waals surface area contributed by atoms with Crippen LogP contribution in [0.5, 0.6) is 0 Å². The van der Waals surface area contributed by atoms with Gasteiger partial charge in [0.15, 0.2) is 10.8 Å². The number of amides is 1. The van der Waals surface area contributed by atoms with Crippen molar-refractivity contribution in [1.29, 1.82) is 0 Å². The molecule has 2 N–H and O–H groups in total. The minimum atomic E-state index is -1.02. The lowest BCUT2D eigenvalue weighted by molar-refractivity contribution is -0.143. The third kappa shape index (κ3) is 4.41. The van der Waals surface area contributed by atoms with E-state index in [1.54, 1.807) is 12.3 Å². The molecule has 0 spiro atoms. The molecule has 0 aromatic carbocycles. The Bertz CT molecular complexity index is 692. The molecule has 2 atom stereocenters. The molecule has 7 heteroatoms. The highest BCUT2D eigenvalue weighted by molar-refractivity contribution is 7.13. The summed E-state index contributed by atoms with van der Waals surface area (Å²) >= 11 is 1.39. The highest BCUT2D eigenvalue weighted by Crippen LogP contribution is 2.25. The predicted molar refractivity (Wildman–Crippen MR) is 87.3 cm³/mol. The molecule has 0 aliphatic carbocycles. The number of aryl methyl sites for hydroxylation is 1. The Morgan fingerprint density at radius 1 is 1.43 bits per heavy atom. The monoisotopic (exact) mass is 336 g/mol. The van der Waals surface area contributed by atoms with Crippen molar-refractivity contribution >= 4 is 23.2 Å². The second-order valence-electron chi connectivity index (χ2n) is 5.50.